The van der Waals surface area contributed by atoms with Gasteiger partial charge < -0.3 is 20.3 Å². The van der Waals surface area contributed by atoms with Gasteiger partial charge in [-0.25, -0.2) is 14.6 Å². The highest BCUT2D eigenvalue weighted by Crippen LogP contribution is 2.10. The van der Waals surface area contributed by atoms with E-state index in [0.29, 0.717) is 18.7 Å². The Morgan fingerprint density at radius 2 is 2.19 bits per heavy atom. The molecule has 0 atom stereocenters. The monoisotopic (exact) mass is 288 g/mol. The lowest BCUT2D eigenvalue weighted by molar-refractivity contribution is 0.0697. The highest BCUT2D eigenvalue weighted by Gasteiger charge is 2.06. The van der Waals surface area contributed by atoms with E-state index in [1.165, 1.54) is 12.1 Å². The van der Waals surface area contributed by atoms with Crippen molar-refractivity contribution in [1.82, 2.24) is 14.9 Å². The Morgan fingerprint density at radius 3 is 2.86 bits per heavy atom. The minimum atomic E-state index is -1.03. The van der Waals surface area contributed by atoms with Crippen molar-refractivity contribution in [3.05, 3.63) is 48.0 Å². The van der Waals surface area contributed by atoms with Gasteiger partial charge in [-0.15, -0.1) is 0 Å². The summed E-state index contributed by atoms with van der Waals surface area (Å²) in [6.45, 7) is 0.440. The number of hydrogen-bond donors (Lipinski definition) is 3. The standard InChI is InChI=1S/C14H16N4O3/c1-18-8-7-15-12(18)5-6-16-14(21)17-11-4-2-3-10(9-11)13(19)20/h2-4,7-9H,5-6H2,1H3,(H,19,20)(H2,16,17,21). The highest BCUT2D eigenvalue weighted by molar-refractivity contribution is 5.93. The highest BCUT2D eigenvalue weighted by atomic mass is 16.4. The van der Waals surface area contributed by atoms with Gasteiger partial charge in [0.05, 0.1) is 5.56 Å². The Morgan fingerprint density at radius 1 is 1.38 bits per heavy atom. The number of rotatable bonds is 5. The number of imidazole rings is 1. The molecule has 0 fully saturated rings. The summed E-state index contributed by atoms with van der Waals surface area (Å²) in [4.78, 5) is 26.7. The fraction of sp³-hybridized carbons (Fsp3) is 0.214. The molecule has 1 aromatic carbocycles. The van der Waals surface area contributed by atoms with Crippen LogP contribution in [0, 0.1) is 0 Å². The Bertz CT molecular complexity index is 651. The zero-order chi connectivity index (χ0) is 15.2. The van der Waals surface area contributed by atoms with E-state index in [1.54, 1.807) is 18.3 Å². The SMILES string of the molecule is Cn1ccnc1CCNC(=O)Nc1cccc(C(=O)O)c1. The third-order valence-corrected chi connectivity index (χ3v) is 2.92. The number of carbonyl (C=O) groups excluding carboxylic acids is 1. The van der Waals surface area contributed by atoms with Crippen molar-refractivity contribution in [3.8, 4) is 0 Å². The molecule has 2 rings (SSSR count). The number of aryl methyl sites for hydroxylation is 1. The summed E-state index contributed by atoms with van der Waals surface area (Å²) >= 11 is 0. The topological polar surface area (TPSA) is 96.3 Å². The number of aromatic carboxylic acids is 1. The Labute approximate surface area is 121 Å². The molecule has 7 nitrogen and oxygen atoms in total. The number of amides is 2. The fourth-order valence-corrected chi connectivity index (χ4v) is 1.83. The number of aromatic nitrogens is 2. The first-order valence-corrected chi connectivity index (χ1v) is 6.40. The van der Waals surface area contributed by atoms with Crippen molar-refractivity contribution in [1.29, 1.82) is 0 Å². The van der Waals surface area contributed by atoms with Gasteiger partial charge in [0.2, 0.25) is 0 Å². The maximum atomic E-state index is 11.7. The van der Waals surface area contributed by atoms with E-state index in [1.807, 2.05) is 17.8 Å². The molecule has 1 aromatic heterocycles. The summed E-state index contributed by atoms with van der Waals surface area (Å²) in [6, 6.07) is 5.69. The average molecular weight is 288 g/mol. The molecule has 21 heavy (non-hydrogen) atoms. The summed E-state index contributed by atoms with van der Waals surface area (Å²) in [5, 5.41) is 14.2. The smallest absolute Gasteiger partial charge is 0.335 e. The van der Waals surface area contributed by atoms with Gasteiger partial charge >= 0.3 is 12.0 Å². The van der Waals surface area contributed by atoms with Gasteiger partial charge in [0.25, 0.3) is 0 Å². The normalized spacial score (nSPS) is 10.1. The van der Waals surface area contributed by atoms with Crippen LogP contribution in [0.15, 0.2) is 36.7 Å². The van der Waals surface area contributed by atoms with Crippen LogP contribution in [0.4, 0.5) is 10.5 Å². The van der Waals surface area contributed by atoms with Crippen LogP contribution in [0.1, 0.15) is 16.2 Å². The van der Waals surface area contributed by atoms with Gasteiger partial charge in [0.1, 0.15) is 5.82 Å². The summed E-state index contributed by atoms with van der Waals surface area (Å²) in [6.07, 6.45) is 4.16. The minimum Gasteiger partial charge on any atom is -0.478 e. The summed E-state index contributed by atoms with van der Waals surface area (Å²) in [5.74, 6) is -0.156. The number of hydrogen-bond acceptors (Lipinski definition) is 3. The van der Waals surface area contributed by atoms with Crippen molar-refractivity contribution in [2.24, 2.45) is 7.05 Å². The first-order valence-electron chi connectivity index (χ1n) is 6.40. The third-order valence-electron chi connectivity index (χ3n) is 2.92. The van der Waals surface area contributed by atoms with Crippen molar-refractivity contribution in [3.63, 3.8) is 0 Å². The van der Waals surface area contributed by atoms with Crippen molar-refractivity contribution in [2.75, 3.05) is 11.9 Å². The van der Waals surface area contributed by atoms with Crippen molar-refractivity contribution >= 4 is 17.7 Å². The lowest BCUT2D eigenvalue weighted by atomic mass is 10.2. The quantitative estimate of drug-likeness (QED) is 0.776. The zero-order valence-corrected chi connectivity index (χ0v) is 11.5. The molecule has 0 saturated heterocycles. The molecule has 0 aliphatic rings. The van der Waals surface area contributed by atoms with E-state index in [9.17, 15) is 9.59 Å². The van der Waals surface area contributed by atoms with E-state index >= 15 is 0 Å². The maximum absolute atomic E-state index is 11.7. The molecule has 2 amide bonds. The lowest BCUT2D eigenvalue weighted by Crippen LogP contribution is -2.30. The molecule has 7 heteroatoms. The number of anilines is 1. The Balaban J connectivity index is 1.83. The number of carbonyl (C=O) groups is 2. The van der Waals surface area contributed by atoms with Crippen LogP contribution in [-0.4, -0.2) is 33.2 Å². The Kier molecular flexibility index (Phi) is 4.55. The molecule has 2 aromatic rings. The molecule has 0 aliphatic carbocycles. The molecule has 0 spiro atoms. The van der Waals surface area contributed by atoms with Gasteiger partial charge in [0, 0.05) is 38.1 Å². The second-order valence-corrected chi connectivity index (χ2v) is 4.47. The van der Waals surface area contributed by atoms with Crippen LogP contribution in [0.3, 0.4) is 0 Å². The van der Waals surface area contributed by atoms with Gasteiger partial charge in [-0.05, 0) is 18.2 Å². The van der Waals surface area contributed by atoms with Gasteiger partial charge in [-0.1, -0.05) is 6.07 Å². The molecule has 110 valence electrons. The zero-order valence-electron chi connectivity index (χ0n) is 11.5. The summed E-state index contributed by atoms with van der Waals surface area (Å²) in [7, 11) is 1.89. The van der Waals surface area contributed by atoms with Gasteiger partial charge in [-0.2, -0.15) is 0 Å². The van der Waals surface area contributed by atoms with Crippen molar-refractivity contribution < 1.29 is 14.7 Å². The van der Waals surface area contributed by atoms with Crippen LogP contribution in [0.2, 0.25) is 0 Å². The van der Waals surface area contributed by atoms with E-state index in [-0.39, 0.29) is 11.6 Å². The number of nitrogens with one attached hydrogen (secondary N) is 2. The average Bonchev–Trinajstić information content (AvgIpc) is 2.85. The van der Waals surface area contributed by atoms with Crippen LogP contribution in [0.25, 0.3) is 0 Å². The number of nitrogens with zero attached hydrogens (tertiary/aromatic N) is 2. The van der Waals surface area contributed by atoms with Gasteiger partial charge in [-0.3, -0.25) is 0 Å². The first kappa shape index (κ1) is 14.6. The Hall–Kier alpha value is -2.83. The van der Waals surface area contributed by atoms with E-state index < -0.39 is 5.97 Å². The van der Waals surface area contributed by atoms with Crippen LogP contribution in [0.5, 0.6) is 0 Å². The number of urea groups is 1. The molecule has 0 unspecified atom stereocenters. The number of carboxylic acids is 1. The largest absolute Gasteiger partial charge is 0.478 e. The van der Waals surface area contributed by atoms with Crippen LogP contribution in [-0.2, 0) is 13.5 Å². The van der Waals surface area contributed by atoms with Crippen LogP contribution < -0.4 is 10.6 Å². The second-order valence-electron chi connectivity index (χ2n) is 4.47. The van der Waals surface area contributed by atoms with E-state index in [2.05, 4.69) is 15.6 Å². The molecule has 1 heterocycles. The van der Waals surface area contributed by atoms with Gasteiger partial charge in [0.15, 0.2) is 0 Å². The molecule has 0 aliphatic heterocycles. The molecule has 0 radical (unpaired) electrons. The predicted octanol–water partition coefficient (Wildman–Crippen LogP) is 1.48. The molecule has 0 saturated carbocycles. The molecular weight excluding hydrogens is 272 g/mol. The summed E-state index contributed by atoms with van der Waals surface area (Å²) in [5.41, 5.74) is 0.560. The van der Waals surface area contributed by atoms with Crippen LogP contribution >= 0.6 is 0 Å². The van der Waals surface area contributed by atoms with Crippen molar-refractivity contribution in [2.45, 2.75) is 6.42 Å². The maximum Gasteiger partial charge on any atom is 0.335 e. The second kappa shape index (κ2) is 6.56. The molecule has 3 N–H and O–H groups in total. The summed E-state index contributed by atoms with van der Waals surface area (Å²) < 4.78 is 1.88. The third kappa shape index (κ3) is 4.07. The lowest BCUT2D eigenvalue weighted by Gasteiger charge is -2.08. The minimum absolute atomic E-state index is 0.126. The van der Waals surface area contributed by atoms with E-state index in [0.717, 1.165) is 5.82 Å². The fourth-order valence-electron chi connectivity index (χ4n) is 1.83. The first-order chi connectivity index (χ1) is 10.1. The number of carboxylic acid groups (broad SMARTS) is 1. The molecular formula is C14H16N4O3. The molecule has 0 bridgehead atoms. The number of benzene rings is 1. The predicted molar refractivity (Wildman–Crippen MR) is 77.3 cm³/mol. The van der Waals surface area contributed by atoms with E-state index in [4.69, 9.17) is 5.11 Å².